The van der Waals surface area contributed by atoms with E-state index in [-0.39, 0.29) is 12.0 Å². The standard InChI is InChI=1S/C14H18BrNO2/c1-14(2,10-16)7-4-8-18-13-11(9-17)5-3-6-12(13)15/h3,5-6,17H,4,7-9H2,1-2H3. The van der Waals surface area contributed by atoms with E-state index in [1.165, 1.54) is 0 Å². The smallest absolute Gasteiger partial charge is 0.138 e. The Morgan fingerprint density at radius 1 is 1.44 bits per heavy atom. The molecule has 18 heavy (non-hydrogen) atoms. The highest BCUT2D eigenvalue weighted by Gasteiger charge is 2.16. The first-order valence-corrected chi connectivity index (χ1v) is 6.72. The van der Waals surface area contributed by atoms with Crippen molar-refractivity contribution in [2.75, 3.05) is 6.61 Å². The average molecular weight is 312 g/mol. The Bertz CT molecular complexity index is 438. The van der Waals surface area contributed by atoms with Crippen LogP contribution in [0.3, 0.4) is 0 Å². The van der Waals surface area contributed by atoms with Crippen molar-refractivity contribution in [2.45, 2.75) is 33.3 Å². The molecule has 0 fully saturated rings. The van der Waals surface area contributed by atoms with Gasteiger partial charge in [0, 0.05) is 5.56 Å². The van der Waals surface area contributed by atoms with Crippen molar-refractivity contribution in [3.63, 3.8) is 0 Å². The molecule has 3 nitrogen and oxygen atoms in total. The molecule has 0 heterocycles. The Hall–Kier alpha value is -1.05. The number of aliphatic hydroxyl groups is 1. The van der Waals surface area contributed by atoms with Crippen LogP contribution in [0.2, 0.25) is 0 Å². The highest BCUT2D eigenvalue weighted by atomic mass is 79.9. The number of benzene rings is 1. The lowest BCUT2D eigenvalue weighted by atomic mass is 9.90. The number of nitrogens with zero attached hydrogens (tertiary/aromatic N) is 1. The Morgan fingerprint density at radius 2 is 2.17 bits per heavy atom. The summed E-state index contributed by atoms with van der Waals surface area (Å²) in [5.41, 5.74) is 0.459. The van der Waals surface area contributed by atoms with E-state index >= 15 is 0 Å². The molecule has 0 radical (unpaired) electrons. The first-order valence-electron chi connectivity index (χ1n) is 5.92. The Labute approximate surface area is 117 Å². The van der Waals surface area contributed by atoms with Gasteiger partial charge in [-0.3, -0.25) is 0 Å². The topological polar surface area (TPSA) is 53.2 Å². The molecule has 0 amide bonds. The zero-order valence-electron chi connectivity index (χ0n) is 10.7. The van der Waals surface area contributed by atoms with Gasteiger partial charge in [-0.2, -0.15) is 5.26 Å². The van der Waals surface area contributed by atoms with E-state index in [0.717, 1.165) is 22.9 Å². The van der Waals surface area contributed by atoms with Gasteiger partial charge < -0.3 is 9.84 Å². The molecule has 0 unspecified atom stereocenters. The summed E-state index contributed by atoms with van der Waals surface area (Å²) in [4.78, 5) is 0. The quantitative estimate of drug-likeness (QED) is 0.816. The van der Waals surface area contributed by atoms with Crippen LogP contribution in [0.5, 0.6) is 5.75 Å². The van der Waals surface area contributed by atoms with Gasteiger partial charge in [-0.05, 0) is 48.7 Å². The Morgan fingerprint density at radius 3 is 2.78 bits per heavy atom. The fourth-order valence-electron chi connectivity index (χ4n) is 1.58. The van der Waals surface area contributed by atoms with Crippen LogP contribution in [0.4, 0.5) is 0 Å². The predicted molar refractivity (Wildman–Crippen MR) is 74.2 cm³/mol. The summed E-state index contributed by atoms with van der Waals surface area (Å²) in [7, 11) is 0. The number of halogens is 1. The van der Waals surface area contributed by atoms with Crippen molar-refractivity contribution in [1.82, 2.24) is 0 Å². The lowest BCUT2D eigenvalue weighted by Crippen LogP contribution is -2.10. The van der Waals surface area contributed by atoms with Crippen molar-refractivity contribution in [3.8, 4) is 11.8 Å². The maximum Gasteiger partial charge on any atom is 0.138 e. The number of nitriles is 1. The van der Waals surface area contributed by atoms with Crippen molar-refractivity contribution in [3.05, 3.63) is 28.2 Å². The maximum absolute atomic E-state index is 9.22. The summed E-state index contributed by atoms with van der Waals surface area (Å²) >= 11 is 3.40. The van der Waals surface area contributed by atoms with Crippen LogP contribution in [0, 0.1) is 16.7 Å². The molecule has 0 aliphatic rings. The average Bonchev–Trinajstić information content (AvgIpc) is 2.36. The largest absolute Gasteiger partial charge is 0.492 e. The number of hydrogen-bond acceptors (Lipinski definition) is 3. The lowest BCUT2D eigenvalue weighted by molar-refractivity contribution is 0.253. The molecule has 0 aliphatic heterocycles. The molecule has 1 aromatic carbocycles. The fraction of sp³-hybridized carbons (Fsp3) is 0.500. The molecule has 0 atom stereocenters. The third-order valence-corrected chi connectivity index (χ3v) is 3.34. The van der Waals surface area contributed by atoms with E-state index in [2.05, 4.69) is 22.0 Å². The number of hydrogen-bond donors (Lipinski definition) is 1. The minimum atomic E-state index is -0.308. The minimum absolute atomic E-state index is 0.0432. The number of aliphatic hydroxyl groups excluding tert-OH is 1. The summed E-state index contributed by atoms with van der Waals surface area (Å²) in [6.45, 7) is 4.34. The molecule has 0 aliphatic carbocycles. The maximum atomic E-state index is 9.22. The zero-order valence-corrected chi connectivity index (χ0v) is 12.3. The van der Waals surface area contributed by atoms with Gasteiger partial charge >= 0.3 is 0 Å². The van der Waals surface area contributed by atoms with Crippen LogP contribution in [0.25, 0.3) is 0 Å². The highest BCUT2D eigenvalue weighted by Crippen LogP contribution is 2.29. The van der Waals surface area contributed by atoms with E-state index in [0.29, 0.717) is 12.4 Å². The molecule has 0 bridgehead atoms. The molecular formula is C14H18BrNO2. The molecule has 0 saturated heterocycles. The van der Waals surface area contributed by atoms with Crippen molar-refractivity contribution in [2.24, 2.45) is 5.41 Å². The second kappa shape index (κ2) is 6.77. The third-order valence-electron chi connectivity index (χ3n) is 2.71. The summed E-state index contributed by atoms with van der Waals surface area (Å²) in [6, 6.07) is 7.85. The minimum Gasteiger partial charge on any atom is -0.492 e. The van der Waals surface area contributed by atoms with Crippen LogP contribution >= 0.6 is 15.9 Å². The summed E-state index contributed by atoms with van der Waals surface area (Å²) in [6.07, 6.45) is 1.61. The van der Waals surface area contributed by atoms with E-state index in [1.54, 1.807) is 0 Å². The van der Waals surface area contributed by atoms with Crippen molar-refractivity contribution < 1.29 is 9.84 Å². The molecule has 0 aromatic heterocycles. The van der Waals surface area contributed by atoms with Gasteiger partial charge in [0.15, 0.2) is 0 Å². The molecule has 98 valence electrons. The fourth-order valence-corrected chi connectivity index (χ4v) is 2.11. The first-order chi connectivity index (χ1) is 8.50. The van der Waals surface area contributed by atoms with Gasteiger partial charge in [-0.25, -0.2) is 0 Å². The predicted octanol–water partition coefficient (Wildman–Crippen LogP) is 3.65. The third kappa shape index (κ3) is 4.32. The molecule has 1 N–H and O–H groups in total. The summed E-state index contributed by atoms with van der Waals surface area (Å²) in [5.74, 6) is 0.690. The second-order valence-corrected chi connectivity index (χ2v) is 5.69. The van der Waals surface area contributed by atoms with Gasteiger partial charge in [-0.1, -0.05) is 12.1 Å². The molecule has 0 saturated carbocycles. The number of para-hydroxylation sites is 1. The molecule has 4 heteroatoms. The van der Waals surface area contributed by atoms with Gasteiger partial charge in [0.1, 0.15) is 5.75 Å². The van der Waals surface area contributed by atoms with Crippen molar-refractivity contribution >= 4 is 15.9 Å². The molecular weight excluding hydrogens is 294 g/mol. The van der Waals surface area contributed by atoms with Crippen LogP contribution in [-0.2, 0) is 6.61 Å². The van der Waals surface area contributed by atoms with E-state index < -0.39 is 0 Å². The van der Waals surface area contributed by atoms with E-state index in [4.69, 9.17) is 10.00 Å². The lowest BCUT2D eigenvalue weighted by Gasteiger charge is -2.16. The molecule has 0 spiro atoms. The normalized spacial score (nSPS) is 11.1. The van der Waals surface area contributed by atoms with Gasteiger partial charge in [0.05, 0.1) is 29.2 Å². The van der Waals surface area contributed by atoms with Crippen molar-refractivity contribution in [1.29, 1.82) is 5.26 Å². The zero-order chi connectivity index (χ0) is 13.6. The first kappa shape index (κ1) is 15.0. The van der Waals surface area contributed by atoms with Crippen LogP contribution < -0.4 is 4.74 Å². The number of rotatable bonds is 6. The summed E-state index contributed by atoms with van der Waals surface area (Å²) in [5, 5.41) is 18.1. The molecule has 1 rings (SSSR count). The van der Waals surface area contributed by atoms with Gasteiger partial charge in [0.25, 0.3) is 0 Å². The van der Waals surface area contributed by atoms with E-state index in [1.807, 2.05) is 32.0 Å². The van der Waals surface area contributed by atoms with Crippen LogP contribution in [0.1, 0.15) is 32.3 Å². The van der Waals surface area contributed by atoms with Gasteiger partial charge in [0.2, 0.25) is 0 Å². The van der Waals surface area contributed by atoms with Crippen LogP contribution in [-0.4, -0.2) is 11.7 Å². The monoisotopic (exact) mass is 311 g/mol. The van der Waals surface area contributed by atoms with Gasteiger partial charge in [-0.15, -0.1) is 0 Å². The summed E-state index contributed by atoms with van der Waals surface area (Å²) < 4.78 is 6.52. The van der Waals surface area contributed by atoms with Crippen LogP contribution in [0.15, 0.2) is 22.7 Å². The Kier molecular flexibility index (Phi) is 5.64. The Balaban J connectivity index is 2.52. The number of ether oxygens (including phenoxy) is 1. The molecule has 1 aromatic rings. The van der Waals surface area contributed by atoms with E-state index in [9.17, 15) is 5.11 Å². The highest BCUT2D eigenvalue weighted by molar-refractivity contribution is 9.10. The SMILES string of the molecule is CC(C)(C#N)CCCOc1c(Br)cccc1CO. The second-order valence-electron chi connectivity index (χ2n) is 4.83.